The average molecular weight is 273 g/mol. The van der Waals surface area contributed by atoms with E-state index in [1.807, 2.05) is 6.07 Å². The Hall–Kier alpha value is -1.90. The van der Waals surface area contributed by atoms with Gasteiger partial charge < -0.3 is 15.4 Å². The van der Waals surface area contributed by atoms with Gasteiger partial charge in [-0.3, -0.25) is 4.79 Å². The Morgan fingerprint density at radius 2 is 2.40 bits per heavy atom. The number of rotatable bonds is 6. The van der Waals surface area contributed by atoms with E-state index in [0.717, 1.165) is 26.0 Å². The van der Waals surface area contributed by atoms with Gasteiger partial charge in [0.25, 0.3) is 0 Å². The second-order valence-electron chi connectivity index (χ2n) is 4.83. The summed E-state index contributed by atoms with van der Waals surface area (Å²) in [6.45, 7) is 2.28. The molecule has 0 aliphatic carbocycles. The fraction of sp³-hybridized carbons (Fsp3) is 0.467. The van der Waals surface area contributed by atoms with Gasteiger partial charge in [0.2, 0.25) is 5.91 Å². The molecule has 1 aliphatic heterocycles. The van der Waals surface area contributed by atoms with Crippen LogP contribution < -0.4 is 10.6 Å². The van der Waals surface area contributed by atoms with Gasteiger partial charge in [0, 0.05) is 31.8 Å². The number of anilines is 1. The summed E-state index contributed by atoms with van der Waals surface area (Å²) in [6, 6.07) is 8.95. The van der Waals surface area contributed by atoms with Gasteiger partial charge in [-0.05, 0) is 31.0 Å². The van der Waals surface area contributed by atoms with Crippen molar-refractivity contribution in [2.45, 2.75) is 25.4 Å². The molecule has 1 amide bonds. The van der Waals surface area contributed by atoms with Gasteiger partial charge in [0.15, 0.2) is 0 Å². The summed E-state index contributed by atoms with van der Waals surface area (Å²) in [5, 5.41) is 14.8. The standard InChI is InChI=1S/C15H19N3O2/c16-10-12-3-1-4-13(9-12)18-15(19)6-7-17-11-14-5-2-8-20-14/h1,3-4,9,14,17H,2,5-8,11H2,(H,18,19). The van der Waals surface area contributed by atoms with E-state index in [-0.39, 0.29) is 5.91 Å². The van der Waals surface area contributed by atoms with Crippen LogP contribution >= 0.6 is 0 Å². The highest BCUT2D eigenvalue weighted by Gasteiger charge is 2.14. The summed E-state index contributed by atoms with van der Waals surface area (Å²) in [5.74, 6) is -0.0556. The molecule has 1 aliphatic rings. The Kier molecular flexibility index (Phi) is 5.54. The normalized spacial score (nSPS) is 17.6. The molecule has 0 bridgehead atoms. The molecule has 2 N–H and O–H groups in total. The molecule has 1 aromatic carbocycles. The van der Waals surface area contributed by atoms with Gasteiger partial charge in [-0.15, -0.1) is 0 Å². The maximum Gasteiger partial charge on any atom is 0.225 e. The van der Waals surface area contributed by atoms with Crippen molar-refractivity contribution in [2.24, 2.45) is 0 Å². The molecule has 1 aromatic rings. The minimum absolute atomic E-state index is 0.0556. The van der Waals surface area contributed by atoms with Crippen molar-refractivity contribution in [3.05, 3.63) is 29.8 Å². The van der Waals surface area contributed by atoms with Gasteiger partial charge in [0.05, 0.1) is 17.7 Å². The Morgan fingerprint density at radius 1 is 1.50 bits per heavy atom. The third kappa shape index (κ3) is 4.65. The zero-order chi connectivity index (χ0) is 14.2. The number of carbonyl (C=O) groups is 1. The van der Waals surface area contributed by atoms with Crippen LogP contribution in [-0.4, -0.2) is 31.7 Å². The number of amides is 1. The monoisotopic (exact) mass is 273 g/mol. The van der Waals surface area contributed by atoms with Crippen LogP contribution in [0.2, 0.25) is 0 Å². The molecule has 0 radical (unpaired) electrons. The average Bonchev–Trinajstić information content (AvgIpc) is 2.97. The van der Waals surface area contributed by atoms with Gasteiger partial charge in [-0.25, -0.2) is 0 Å². The molecule has 0 saturated carbocycles. The molecule has 1 heterocycles. The first-order chi connectivity index (χ1) is 9.78. The van der Waals surface area contributed by atoms with E-state index in [1.165, 1.54) is 0 Å². The Labute approximate surface area is 118 Å². The fourth-order valence-corrected chi connectivity index (χ4v) is 2.16. The van der Waals surface area contributed by atoms with Crippen molar-refractivity contribution in [3.8, 4) is 6.07 Å². The van der Waals surface area contributed by atoms with E-state index in [4.69, 9.17) is 10.00 Å². The number of ether oxygens (including phenoxy) is 1. The van der Waals surface area contributed by atoms with Crippen molar-refractivity contribution >= 4 is 11.6 Å². The maximum atomic E-state index is 11.7. The van der Waals surface area contributed by atoms with Crippen molar-refractivity contribution in [1.29, 1.82) is 5.26 Å². The number of nitrogens with one attached hydrogen (secondary N) is 2. The zero-order valence-electron chi connectivity index (χ0n) is 11.4. The number of nitrogens with zero attached hydrogens (tertiary/aromatic N) is 1. The predicted molar refractivity (Wildman–Crippen MR) is 76.2 cm³/mol. The molecule has 20 heavy (non-hydrogen) atoms. The highest BCUT2D eigenvalue weighted by Crippen LogP contribution is 2.11. The molecular weight excluding hydrogens is 254 g/mol. The molecule has 0 aromatic heterocycles. The maximum absolute atomic E-state index is 11.7. The van der Waals surface area contributed by atoms with Crippen molar-refractivity contribution in [2.75, 3.05) is 25.0 Å². The lowest BCUT2D eigenvalue weighted by atomic mass is 10.2. The molecule has 5 nitrogen and oxygen atoms in total. The van der Waals surface area contributed by atoms with Crippen LogP contribution in [0.15, 0.2) is 24.3 Å². The second-order valence-corrected chi connectivity index (χ2v) is 4.83. The third-order valence-corrected chi connectivity index (χ3v) is 3.20. The number of carbonyl (C=O) groups excluding carboxylic acids is 1. The molecule has 5 heteroatoms. The number of nitriles is 1. The zero-order valence-corrected chi connectivity index (χ0v) is 11.4. The first-order valence-electron chi connectivity index (χ1n) is 6.90. The van der Waals surface area contributed by atoms with Crippen LogP contribution in [0.1, 0.15) is 24.8 Å². The number of benzene rings is 1. The Balaban J connectivity index is 1.65. The van der Waals surface area contributed by atoms with Crippen molar-refractivity contribution < 1.29 is 9.53 Å². The van der Waals surface area contributed by atoms with Crippen molar-refractivity contribution in [1.82, 2.24) is 5.32 Å². The van der Waals surface area contributed by atoms with Gasteiger partial charge in [-0.1, -0.05) is 6.07 Å². The Morgan fingerprint density at radius 3 is 3.15 bits per heavy atom. The molecule has 1 fully saturated rings. The molecule has 1 saturated heterocycles. The largest absolute Gasteiger partial charge is 0.377 e. The van der Waals surface area contributed by atoms with E-state index in [2.05, 4.69) is 10.6 Å². The second kappa shape index (κ2) is 7.63. The van der Waals surface area contributed by atoms with E-state index < -0.39 is 0 Å². The van der Waals surface area contributed by atoms with Crippen LogP contribution in [0.25, 0.3) is 0 Å². The molecule has 2 rings (SSSR count). The number of hydrogen-bond acceptors (Lipinski definition) is 4. The van der Waals surface area contributed by atoms with E-state index in [9.17, 15) is 4.79 Å². The first-order valence-corrected chi connectivity index (χ1v) is 6.90. The molecule has 106 valence electrons. The van der Waals surface area contributed by atoms with Crippen LogP contribution in [0.4, 0.5) is 5.69 Å². The topological polar surface area (TPSA) is 74.2 Å². The minimum atomic E-state index is -0.0556. The van der Waals surface area contributed by atoms with Gasteiger partial charge in [0.1, 0.15) is 0 Å². The third-order valence-electron chi connectivity index (χ3n) is 3.20. The summed E-state index contributed by atoms with van der Waals surface area (Å²) < 4.78 is 5.49. The minimum Gasteiger partial charge on any atom is -0.377 e. The fourth-order valence-electron chi connectivity index (χ4n) is 2.16. The highest BCUT2D eigenvalue weighted by molar-refractivity contribution is 5.90. The highest BCUT2D eigenvalue weighted by atomic mass is 16.5. The summed E-state index contributed by atoms with van der Waals surface area (Å²) in [7, 11) is 0. The van der Waals surface area contributed by atoms with Crippen molar-refractivity contribution in [3.63, 3.8) is 0 Å². The predicted octanol–water partition coefficient (Wildman–Crippen LogP) is 1.66. The molecule has 1 unspecified atom stereocenters. The van der Waals surface area contributed by atoms with Crippen LogP contribution in [0.3, 0.4) is 0 Å². The summed E-state index contributed by atoms with van der Waals surface area (Å²) in [6.07, 6.45) is 2.93. The van der Waals surface area contributed by atoms with E-state index >= 15 is 0 Å². The SMILES string of the molecule is N#Cc1cccc(NC(=O)CCNCC2CCCO2)c1. The van der Waals surface area contributed by atoms with Gasteiger partial charge >= 0.3 is 0 Å². The van der Waals surface area contributed by atoms with Crippen LogP contribution in [0, 0.1) is 11.3 Å². The lowest BCUT2D eigenvalue weighted by Gasteiger charge is -2.10. The summed E-state index contributed by atoms with van der Waals surface area (Å²) in [4.78, 5) is 11.7. The first kappa shape index (κ1) is 14.5. The smallest absolute Gasteiger partial charge is 0.225 e. The van der Waals surface area contributed by atoms with E-state index in [1.54, 1.807) is 24.3 Å². The van der Waals surface area contributed by atoms with Crippen LogP contribution in [-0.2, 0) is 9.53 Å². The molecule has 0 spiro atoms. The number of hydrogen-bond donors (Lipinski definition) is 2. The lowest BCUT2D eigenvalue weighted by molar-refractivity contribution is -0.116. The summed E-state index contributed by atoms with van der Waals surface area (Å²) in [5.41, 5.74) is 1.20. The molecule has 1 atom stereocenters. The van der Waals surface area contributed by atoms with Gasteiger partial charge in [-0.2, -0.15) is 5.26 Å². The van der Waals surface area contributed by atoms with Crippen LogP contribution in [0.5, 0.6) is 0 Å². The lowest BCUT2D eigenvalue weighted by Crippen LogP contribution is -2.29. The quantitative estimate of drug-likeness (QED) is 0.773. The molecular formula is C15H19N3O2. The van der Waals surface area contributed by atoms with E-state index in [0.29, 0.717) is 30.3 Å². The Bertz CT molecular complexity index is 490. The summed E-state index contributed by atoms with van der Waals surface area (Å²) >= 11 is 0.